The maximum Gasteiger partial charge on any atom is 0.303 e. The average molecular weight is 272 g/mol. The molecule has 0 rings (SSSR count). The number of aliphatic carboxylic acids is 1. The summed E-state index contributed by atoms with van der Waals surface area (Å²) in [6.07, 6.45) is 4.52. The van der Waals surface area contributed by atoms with Gasteiger partial charge in [-0.25, -0.2) is 0 Å². The normalized spacial score (nSPS) is 9.95. The van der Waals surface area contributed by atoms with Gasteiger partial charge in [-0.1, -0.05) is 6.42 Å². The Bertz CT molecular complexity index is 292. The summed E-state index contributed by atoms with van der Waals surface area (Å²) in [5.41, 5.74) is 0. The van der Waals surface area contributed by atoms with E-state index < -0.39 is 5.97 Å². The van der Waals surface area contributed by atoms with Crippen molar-refractivity contribution in [2.24, 2.45) is 0 Å². The molecular formula is C13H24N2O4. The van der Waals surface area contributed by atoms with Crippen molar-refractivity contribution in [1.82, 2.24) is 10.6 Å². The minimum absolute atomic E-state index is 0.00912. The van der Waals surface area contributed by atoms with E-state index in [0.29, 0.717) is 32.4 Å². The summed E-state index contributed by atoms with van der Waals surface area (Å²) >= 11 is 0. The van der Waals surface area contributed by atoms with E-state index in [1.165, 1.54) is 6.92 Å². The maximum atomic E-state index is 11.4. The van der Waals surface area contributed by atoms with Gasteiger partial charge in [-0.15, -0.1) is 0 Å². The molecule has 19 heavy (non-hydrogen) atoms. The van der Waals surface area contributed by atoms with Gasteiger partial charge in [0.25, 0.3) is 0 Å². The van der Waals surface area contributed by atoms with E-state index in [0.717, 1.165) is 19.3 Å². The fraction of sp³-hybridized carbons (Fsp3) is 0.769. The third-order valence-corrected chi connectivity index (χ3v) is 2.59. The maximum absolute atomic E-state index is 11.4. The van der Waals surface area contributed by atoms with Gasteiger partial charge in [-0.3, -0.25) is 14.4 Å². The smallest absolute Gasteiger partial charge is 0.303 e. The molecule has 0 spiro atoms. The molecule has 0 fully saturated rings. The van der Waals surface area contributed by atoms with Gasteiger partial charge in [-0.2, -0.15) is 0 Å². The number of carbonyl (C=O) groups excluding carboxylic acids is 2. The van der Waals surface area contributed by atoms with E-state index in [9.17, 15) is 14.4 Å². The summed E-state index contributed by atoms with van der Waals surface area (Å²) in [6.45, 7) is 2.68. The molecular weight excluding hydrogens is 248 g/mol. The second-order valence-corrected chi connectivity index (χ2v) is 4.49. The Hall–Kier alpha value is -1.59. The summed E-state index contributed by atoms with van der Waals surface area (Å²) in [5.74, 6) is -0.820. The van der Waals surface area contributed by atoms with Crippen molar-refractivity contribution in [2.75, 3.05) is 13.1 Å². The van der Waals surface area contributed by atoms with Crippen LogP contribution < -0.4 is 10.6 Å². The van der Waals surface area contributed by atoms with Gasteiger partial charge in [0.1, 0.15) is 0 Å². The van der Waals surface area contributed by atoms with Gasteiger partial charge >= 0.3 is 5.97 Å². The van der Waals surface area contributed by atoms with Crippen molar-refractivity contribution in [3.8, 4) is 0 Å². The lowest BCUT2D eigenvalue weighted by Gasteiger charge is -2.05. The summed E-state index contributed by atoms with van der Waals surface area (Å²) < 4.78 is 0. The molecule has 0 aromatic rings. The molecule has 0 bridgehead atoms. The molecule has 0 aliphatic rings. The first kappa shape index (κ1) is 17.4. The average Bonchev–Trinajstić information content (AvgIpc) is 2.32. The quantitative estimate of drug-likeness (QED) is 0.490. The van der Waals surface area contributed by atoms with Crippen LogP contribution >= 0.6 is 0 Å². The number of carbonyl (C=O) groups is 3. The monoisotopic (exact) mass is 272 g/mol. The fourth-order valence-electron chi connectivity index (χ4n) is 1.57. The summed E-state index contributed by atoms with van der Waals surface area (Å²) in [6, 6.07) is 0. The van der Waals surface area contributed by atoms with Gasteiger partial charge in [0.2, 0.25) is 11.8 Å². The third kappa shape index (κ3) is 14.3. The number of carboxylic acids is 1. The van der Waals surface area contributed by atoms with E-state index in [-0.39, 0.29) is 18.2 Å². The number of rotatable bonds is 11. The number of nitrogens with one attached hydrogen (secondary N) is 2. The molecule has 3 N–H and O–H groups in total. The highest BCUT2D eigenvalue weighted by Gasteiger charge is 2.01. The predicted molar refractivity (Wildman–Crippen MR) is 71.6 cm³/mol. The number of unbranched alkanes of at least 4 members (excludes halogenated alkanes) is 3. The third-order valence-electron chi connectivity index (χ3n) is 2.59. The molecule has 0 heterocycles. The van der Waals surface area contributed by atoms with E-state index in [4.69, 9.17) is 5.11 Å². The zero-order valence-electron chi connectivity index (χ0n) is 11.5. The predicted octanol–water partition coefficient (Wildman–Crippen LogP) is 1.05. The highest BCUT2D eigenvalue weighted by molar-refractivity contribution is 5.75. The van der Waals surface area contributed by atoms with Gasteiger partial charge in [0.05, 0.1) is 0 Å². The summed E-state index contributed by atoms with van der Waals surface area (Å²) in [5, 5.41) is 13.9. The molecule has 0 aromatic heterocycles. The number of hydrogen-bond acceptors (Lipinski definition) is 3. The van der Waals surface area contributed by atoms with Crippen LogP contribution in [-0.2, 0) is 14.4 Å². The second kappa shape index (κ2) is 11.5. The highest BCUT2D eigenvalue weighted by atomic mass is 16.4. The molecule has 0 aliphatic heterocycles. The Morgan fingerprint density at radius 1 is 0.842 bits per heavy atom. The second-order valence-electron chi connectivity index (χ2n) is 4.49. The molecule has 6 heteroatoms. The SMILES string of the molecule is CC(=O)NCCCCCC(=O)NCCCCC(=O)O. The Kier molecular flexibility index (Phi) is 10.5. The molecule has 110 valence electrons. The van der Waals surface area contributed by atoms with Gasteiger partial charge in [-0.05, 0) is 25.7 Å². The summed E-state index contributed by atoms with van der Waals surface area (Å²) in [4.78, 5) is 32.2. The first-order valence-corrected chi connectivity index (χ1v) is 6.75. The zero-order chi connectivity index (χ0) is 14.5. The Balaban J connectivity index is 3.26. The molecule has 0 saturated carbocycles. The first-order valence-electron chi connectivity index (χ1n) is 6.75. The van der Waals surface area contributed by atoms with Crippen LogP contribution in [0.1, 0.15) is 51.9 Å². The van der Waals surface area contributed by atoms with Crippen molar-refractivity contribution in [2.45, 2.75) is 51.9 Å². The first-order chi connectivity index (χ1) is 9.02. The molecule has 0 saturated heterocycles. The fourth-order valence-corrected chi connectivity index (χ4v) is 1.57. The zero-order valence-corrected chi connectivity index (χ0v) is 11.5. The van der Waals surface area contributed by atoms with Crippen molar-refractivity contribution in [1.29, 1.82) is 0 Å². The van der Waals surface area contributed by atoms with Crippen LogP contribution in [0.3, 0.4) is 0 Å². The van der Waals surface area contributed by atoms with Crippen LogP contribution in [0.5, 0.6) is 0 Å². The highest BCUT2D eigenvalue weighted by Crippen LogP contribution is 1.99. The van der Waals surface area contributed by atoms with Crippen LogP contribution in [0.4, 0.5) is 0 Å². The number of hydrogen-bond donors (Lipinski definition) is 3. The van der Waals surface area contributed by atoms with Crippen molar-refractivity contribution < 1.29 is 19.5 Å². The Morgan fingerprint density at radius 3 is 2.05 bits per heavy atom. The van der Waals surface area contributed by atoms with Gasteiger partial charge in [0.15, 0.2) is 0 Å². The van der Waals surface area contributed by atoms with E-state index in [1.54, 1.807) is 0 Å². The molecule has 0 unspecified atom stereocenters. The topological polar surface area (TPSA) is 95.5 Å². The molecule has 6 nitrogen and oxygen atoms in total. The van der Waals surface area contributed by atoms with Crippen LogP contribution in [-0.4, -0.2) is 36.0 Å². The van der Waals surface area contributed by atoms with Crippen LogP contribution in [0, 0.1) is 0 Å². The van der Waals surface area contributed by atoms with Crippen LogP contribution in [0.15, 0.2) is 0 Å². The van der Waals surface area contributed by atoms with E-state index >= 15 is 0 Å². The number of carboxylic acid groups (broad SMARTS) is 1. The molecule has 0 radical (unpaired) electrons. The largest absolute Gasteiger partial charge is 0.481 e. The van der Waals surface area contributed by atoms with Crippen molar-refractivity contribution in [3.05, 3.63) is 0 Å². The number of amides is 2. The minimum Gasteiger partial charge on any atom is -0.481 e. The van der Waals surface area contributed by atoms with E-state index in [2.05, 4.69) is 10.6 Å². The van der Waals surface area contributed by atoms with Crippen molar-refractivity contribution in [3.63, 3.8) is 0 Å². The lowest BCUT2D eigenvalue weighted by atomic mass is 10.2. The lowest BCUT2D eigenvalue weighted by Crippen LogP contribution is -2.24. The lowest BCUT2D eigenvalue weighted by molar-refractivity contribution is -0.137. The minimum atomic E-state index is -0.800. The molecule has 0 aromatic carbocycles. The Morgan fingerprint density at radius 2 is 1.42 bits per heavy atom. The van der Waals surface area contributed by atoms with E-state index in [1.807, 2.05) is 0 Å². The van der Waals surface area contributed by atoms with Crippen molar-refractivity contribution >= 4 is 17.8 Å². The van der Waals surface area contributed by atoms with Crippen LogP contribution in [0.2, 0.25) is 0 Å². The molecule has 0 atom stereocenters. The molecule has 0 aliphatic carbocycles. The van der Waals surface area contributed by atoms with Gasteiger partial charge < -0.3 is 15.7 Å². The Labute approximate surface area is 113 Å². The summed E-state index contributed by atoms with van der Waals surface area (Å²) in [7, 11) is 0. The molecule has 2 amide bonds. The standard InChI is InChI=1S/C13H24N2O4/c1-11(16)14-9-5-2-3-7-12(17)15-10-6-4-8-13(18)19/h2-10H2,1H3,(H,14,16)(H,15,17)(H,18,19). The van der Waals surface area contributed by atoms with Crippen LogP contribution in [0.25, 0.3) is 0 Å². The van der Waals surface area contributed by atoms with Gasteiger partial charge in [0, 0.05) is 32.9 Å².